The molecule has 0 saturated heterocycles. The molecule has 0 fully saturated rings. The SMILES string of the molecule is CCOC(=O)c1ccc2nc(N)n(C)c2c1. The molecule has 1 heterocycles. The molecule has 16 heavy (non-hydrogen) atoms. The Hall–Kier alpha value is -2.04. The van der Waals surface area contributed by atoms with Gasteiger partial charge in [-0.15, -0.1) is 0 Å². The number of hydrogen-bond donors (Lipinski definition) is 1. The van der Waals surface area contributed by atoms with Gasteiger partial charge in [-0.2, -0.15) is 0 Å². The highest BCUT2D eigenvalue weighted by molar-refractivity contribution is 5.94. The van der Waals surface area contributed by atoms with Gasteiger partial charge in [-0.1, -0.05) is 0 Å². The third-order valence-corrected chi connectivity index (χ3v) is 2.43. The third-order valence-electron chi connectivity index (χ3n) is 2.43. The quantitative estimate of drug-likeness (QED) is 0.773. The molecule has 0 aliphatic heterocycles. The molecule has 0 atom stereocenters. The van der Waals surface area contributed by atoms with E-state index in [4.69, 9.17) is 10.5 Å². The highest BCUT2D eigenvalue weighted by Gasteiger charge is 2.10. The average molecular weight is 219 g/mol. The Balaban J connectivity index is 2.50. The fraction of sp³-hybridized carbons (Fsp3) is 0.273. The Bertz CT molecular complexity index is 545. The number of hydrogen-bond acceptors (Lipinski definition) is 4. The summed E-state index contributed by atoms with van der Waals surface area (Å²) in [5.74, 6) is 0.0974. The molecule has 2 aromatic rings. The number of nitrogens with zero attached hydrogens (tertiary/aromatic N) is 2. The molecule has 2 N–H and O–H groups in total. The first-order valence-electron chi connectivity index (χ1n) is 5.02. The van der Waals surface area contributed by atoms with E-state index in [1.54, 1.807) is 36.7 Å². The van der Waals surface area contributed by atoms with Crippen LogP contribution in [-0.4, -0.2) is 22.1 Å². The number of imidazole rings is 1. The van der Waals surface area contributed by atoms with Crippen molar-refractivity contribution in [2.24, 2.45) is 7.05 Å². The van der Waals surface area contributed by atoms with Gasteiger partial charge in [0.05, 0.1) is 23.2 Å². The molecule has 5 heteroatoms. The van der Waals surface area contributed by atoms with Crippen molar-refractivity contribution < 1.29 is 9.53 Å². The van der Waals surface area contributed by atoms with E-state index in [-0.39, 0.29) is 5.97 Å². The van der Waals surface area contributed by atoms with Gasteiger partial charge < -0.3 is 15.0 Å². The molecule has 0 radical (unpaired) electrons. The van der Waals surface area contributed by atoms with Crippen molar-refractivity contribution in [3.63, 3.8) is 0 Å². The second kappa shape index (κ2) is 3.84. The van der Waals surface area contributed by atoms with Crippen molar-refractivity contribution in [2.45, 2.75) is 6.92 Å². The van der Waals surface area contributed by atoms with E-state index < -0.39 is 0 Å². The van der Waals surface area contributed by atoms with Crippen LogP contribution in [-0.2, 0) is 11.8 Å². The van der Waals surface area contributed by atoms with Gasteiger partial charge in [0, 0.05) is 7.05 Å². The first-order valence-corrected chi connectivity index (χ1v) is 5.02. The Kier molecular flexibility index (Phi) is 2.52. The van der Waals surface area contributed by atoms with Crippen LogP contribution in [0.4, 0.5) is 5.95 Å². The van der Waals surface area contributed by atoms with Gasteiger partial charge in [0.2, 0.25) is 5.95 Å². The lowest BCUT2D eigenvalue weighted by Crippen LogP contribution is -2.04. The highest BCUT2D eigenvalue weighted by Crippen LogP contribution is 2.18. The number of benzene rings is 1. The van der Waals surface area contributed by atoms with Gasteiger partial charge in [0.15, 0.2) is 0 Å². The zero-order valence-electron chi connectivity index (χ0n) is 9.23. The van der Waals surface area contributed by atoms with Crippen LogP contribution < -0.4 is 5.73 Å². The number of aromatic nitrogens is 2. The zero-order chi connectivity index (χ0) is 11.7. The number of fused-ring (bicyclic) bond motifs is 1. The third kappa shape index (κ3) is 1.60. The minimum atomic E-state index is -0.329. The molecular weight excluding hydrogens is 206 g/mol. The summed E-state index contributed by atoms with van der Waals surface area (Å²) in [7, 11) is 1.81. The maximum absolute atomic E-state index is 11.5. The van der Waals surface area contributed by atoms with Crippen molar-refractivity contribution >= 4 is 23.0 Å². The van der Waals surface area contributed by atoms with Gasteiger partial charge in [-0.3, -0.25) is 0 Å². The molecule has 1 aromatic heterocycles. The summed E-state index contributed by atoms with van der Waals surface area (Å²) < 4.78 is 6.66. The monoisotopic (exact) mass is 219 g/mol. The van der Waals surface area contributed by atoms with Crippen molar-refractivity contribution in [2.75, 3.05) is 12.3 Å². The van der Waals surface area contributed by atoms with E-state index in [9.17, 15) is 4.79 Å². The van der Waals surface area contributed by atoms with E-state index in [1.165, 1.54) is 0 Å². The molecule has 0 aliphatic rings. The topological polar surface area (TPSA) is 70.1 Å². The number of anilines is 1. The summed E-state index contributed by atoms with van der Waals surface area (Å²) in [4.78, 5) is 15.7. The second-order valence-corrected chi connectivity index (χ2v) is 3.45. The summed E-state index contributed by atoms with van der Waals surface area (Å²) in [6.07, 6.45) is 0. The van der Waals surface area contributed by atoms with Crippen LogP contribution in [0.25, 0.3) is 11.0 Å². The number of rotatable bonds is 2. The largest absolute Gasteiger partial charge is 0.462 e. The average Bonchev–Trinajstić information content (AvgIpc) is 2.55. The predicted molar refractivity (Wildman–Crippen MR) is 61.1 cm³/mol. The first-order chi connectivity index (χ1) is 7.63. The first kappa shape index (κ1) is 10.5. The summed E-state index contributed by atoms with van der Waals surface area (Å²) in [5.41, 5.74) is 7.78. The van der Waals surface area contributed by atoms with Crippen molar-refractivity contribution in [1.82, 2.24) is 9.55 Å². The van der Waals surface area contributed by atoms with Gasteiger partial charge >= 0.3 is 5.97 Å². The number of carbonyl (C=O) groups excluding carboxylic acids is 1. The number of aryl methyl sites for hydroxylation is 1. The molecule has 0 unspecified atom stereocenters. The molecule has 2 rings (SSSR count). The maximum atomic E-state index is 11.5. The van der Waals surface area contributed by atoms with Crippen LogP contribution in [0.3, 0.4) is 0 Å². The number of carbonyl (C=O) groups is 1. The lowest BCUT2D eigenvalue weighted by molar-refractivity contribution is 0.0526. The summed E-state index contributed by atoms with van der Waals surface area (Å²) in [5, 5.41) is 0. The number of nitrogens with two attached hydrogens (primary N) is 1. The molecule has 1 aromatic carbocycles. The zero-order valence-corrected chi connectivity index (χ0v) is 9.23. The number of ether oxygens (including phenoxy) is 1. The molecular formula is C11H13N3O2. The van der Waals surface area contributed by atoms with Gasteiger partial charge in [-0.05, 0) is 25.1 Å². The molecule has 0 spiro atoms. The lowest BCUT2D eigenvalue weighted by Gasteiger charge is -2.02. The van der Waals surface area contributed by atoms with Crippen LogP contribution in [0, 0.1) is 0 Å². The van der Waals surface area contributed by atoms with E-state index in [0.29, 0.717) is 18.1 Å². The van der Waals surface area contributed by atoms with Crippen LogP contribution in [0.1, 0.15) is 17.3 Å². The van der Waals surface area contributed by atoms with Crippen molar-refractivity contribution in [1.29, 1.82) is 0 Å². The minimum Gasteiger partial charge on any atom is -0.462 e. The van der Waals surface area contributed by atoms with Gasteiger partial charge in [0.1, 0.15) is 0 Å². The molecule has 0 amide bonds. The fourth-order valence-electron chi connectivity index (χ4n) is 1.55. The Morgan fingerprint density at radius 2 is 2.31 bits per heavy atom. The van der Waals surface area contributed by atoms with Crippen LogP contribution >= 0.6 is 0 Å². The Labute approximate surface area is 92.8 Å². The summed E-state index contributed by atoms with van der Waals surface area (Å²) in [6.45, 7) is 2.14. The molecule has 0 bridgehead atoms. The Morgan fingerprint density at radius 1 is 1.56 bits per heavy atom. The second-order valence-electron chi connectivity index (χ2n) is 3.45. The number of esters is 1. The molecule has 5 nitrogen and oxygen atoms in total. The fourth-order valence-corrected chi connectivity index (χ4v) is 1.55. The van der Waals surface area contributed by atoms with Gasteiger partial charge in [-0.25, -0.2) is 9.78 Å². The maximum Gasteiger partial charge on any atom is 0.338 e. The minimum absolute atomic E-state index is 0.329. The standard InChI is InChI=1S/C11H13N3O2/c1-3-16-10(15)7-4-5-8-9(6-7)14(2)11(12)13-8/h4-6H,3H2,1-2H3,(H2,12,13). The van der Waals surface area contributed by atoms with E-state index >= 15 is 0 Å². The van der Waals surface area contributed by atoms with E-state index in [2.05, 4.69) is 4.98 Å². The highest BCUT2D eigenvalue weighted by atomic mass is 16.5. The van der Waals surface area contributed by atoms with Crippen molar-refractivity contribution in [3.8, 4) is 0 Å². The van der Waals surface area contributed by atoms with Gasteiger partial charge in [0.25, 0.3) is 0 Å². The molecule has 0 saturated carbocycles. The lowest BCUT2D eigenvalue weighted by atomic mass is 10.2. The predicted octanol–water partition coefficient (Wildman–Crippen LogP) is 1.33. The van der Waals surface area contributed by atoms with Crippen LogP contribution in [0.15, 0.2) is 18.2 Å². The Morgan fingerprint density at radius 3 is 3.00 bits per heavy atom. The normalized spacial score (nSPS) is 10.6. The molecule has 0 aliphatic carbocycles. The van der Waals surface area contributed by atoms with Crippen molar-refractivity contribution in [3.05, 3.63) is 23.8 Å². The van der Waals surface area contributed by atoms with E-state index in [1.807, 2.05) is 0 Å². The van der Waals surface area contributed by atoms with Crippen LogP contribution in [0.2, 0.25) is 0 Å². The summed E-state index contributed by atoms with van der Waals surface area (Å²) in [6, 6.07) is 5.18. The van der Waals surface area contributed by atoms with Crippen LogP contribution in [0.5, 0.6) is 0 Å². The molecule has 84 valence electrons. The smallest absolute Gasteiger partial charge is 0.338 e. The van der Waals surface area contributed by atoms with E-state index in [0.717, 1.165) is 11.0 Å². The number of nitrogen functional groups attached to an aromatic ring is 1. The summed E-state index contributed by atoms with van der Waals surface area (Å²) >= 11 is 0.